The van der Waals surface area contributed by atoms with Gasteiger partial charge in [0.05, 0.1) is 6.42 Å². The Hall–Kier alpha value is -0.930. The van der Waals surface area contributed by atoms with Crippen molar-refractivity contribution in [3.8, 4) is 0 Å². The van der Waals surface area contributed by atoms with Crippen LogP contribution in [-0.4, -0.2) is 29.8 Å². The molecule has 0 saturated carbocycles. The summed E-state index contributed by atoms with van der Waals surface area (Å²) < 4.78 is 25.3. The fourth-order valence-corrected chi connectivity index (χ4v) is 1.87. The highest BCUT2D eigenvalue weighted by atomic mass is 19.3. The molecule has 4 heteroatoms. The van der Waals surface area contributed by atoms with Crippen LogP contribution in [0, 0.1) is 5.92 Å². The summed E-state index contributed by atoms with van der Waals surface area (Å²) in [5.41, 5.74) is 1.07. The van der Waals surface area contributed by atoms with E-state index in [1.807, 2.05) is 13.8 Å². The predicted octanol–water partition coefficient (Wildman–Crippen LogP) is 2.46. The van der Waals surface area contributed by atoms with Crippen molar-refractivity contribution in [2.24, 2.45) is 5.92 Å². The summed E-state index contributed by atoms with van der Waals surface area (Å²) in [6, 6.07) is 0. The van der Waals surface area contributed by atoms with Crippen LogP contribution in [0.2, 0.25) is 0 Å². The molecule has 1 aliphatic heterocycles. The summed E-state index contributed by atoms with van der Waals surface area (Å²) in [7, 11) is 0. The summed E-state index contributed by atoms with van der Waals surface area (Å²) in [6.07, 6.45) is 1.39. The topological polar surface area (TPSA) is 20.3 Å². The minimum atomic E-state index is -2.91. The van der Waals surface area contributed by atoms with Gasteiger partial charge in [-0.25, -0.2) is 8.78 Å². The Labute approximate surface area is 88.9 Å². The Morgan fingerprint density at radius 1 is 1.67 bits per heavy atom. The van der Waals surface area contributed by atoms with Crippen LogP contribution >= 0.6 is 0 Å². The van der Waals surface area contributed by atoms with Gasteiger partial charge in [-0.3, -0.25) is 4.79 Å². The fourth-order valence-electron chi connectivity index (χ4n) is 1.87. The van der Waals surface area contributed by atoms with Crippen LogP contribution in [0.5, 0.6) is 0 Å². The molecule has 1 unspecified atom stereocenters. The maximum Gasteiger partial charge on any atom is 0.254 e. The molecular weight excluding hydrogens is 200 g/mol. The van der Waals surface area contributed by atoms with Gasteiger partial charge >= 0.3 is 0 Å². The molecule has 2 nitrogen and oxygen atoms in total. The second-order valence-corrected chi connectivity index (χ2v) is 4.51. The van der Waals surface area contributed by atoms with E-state index in [2.05, 4.69) is 6.08 Å². The molecule has 1 aliphatic rings. The van der Waals surface area contributed by atoms with Crippen LogP contribution in [0.25, 0.3) is 0 Å². The first-order valence-corrected chi connectivity index (χ1v) is 5.11. The van der Waals surface area contributed by atoms with Crippen molar-refractivity contribution in [3.05, 3.63) is 11.6 Å². The number of hydrogen-bond donors (Lipinski definition) is 0. The molecule has 0 aromatic carbocycles. The summed E-state index contributed by atoms with van der Waals surface area (Å²) in [5, 5.41) is 0. The Kier molecular flexibility index (Phi) is 3.47. The minimum Gasteiger partial charge on any atom is -0.338 e. The van der Waals surface area contributed by atoms with E-state index in [4.69, 9.17) is 0 Å². The van der Waals surface area contributed by atoms with Gasteiger partial charge in [0.15, 0.2) is 0 Å². The van der Waals surface area contributed by atoms with Gasteiger partial charge < -0.3 is 4.90 Å². The summed E-state index contributed by atoms with van der Waals surface area (Å²) in [4.78, 5) is 13.0. The zero-order chi connectivity index (χ0) is 11.6. The molecule has 86 valence electrons. The Bertz CT molecular complexity index is 281. The van der Waals surface area contributed by atoms with Crippen molar-refractivity contribution in [2.45, 2.75) is 33.1 Å². The van der Waals surface area contributed by atoms with Crippen molar-refractivity contribution in [1.29, 1.82) is 0 Å². The monoisotopic (exact) mass is 217 g/mol. The molecule has 0 saturated heterocycles. The van der Waals surface area contributed by atoms with Gasteiger partial charge in [0.25, 0.3) is 5.92 Å². The standard InChI is InChI=1S/C11H17F2NO/c1-8-4-9(2)7-14(6-8)10(15)5-11(3,12)13/h4,8H,5-7H2,1-3H3. The molecule has 0 aromatic rings. The zero-order valence-electron chi connectivity index (χ0n) is 9.39. The average Bonchev–Trinajstić information content (AvgIpc) is 1.98. The lowest BCUT2D eigenvalue weighted by atomic mass is 10.0. The van der Waals surface area contributed by atoms with Gasteiger partial charge in [0.2, 0.25) is 5.91 Å². The molecule has 0 N–H and O–H groups in total. The second kappa shape index (κ2) is 4.29. The number of hydrogen-bond acceptors (Lipinski definition) is 1. The molecule has 1 amide bonds. The minimum absolute atomic E-state index is 0.258. The van der Waals surface area contributed by atoms with Crippen molar-refractivity contribution in [3.63, 3.8) is 0 Å². The van der Waals surface area contributed by atoms with E-state index in [0.717, 1.165) is 12.5 Å². The number of nitrogens with zero attached hydrogens (tertiary/aromatic N) is 1. The molecule has 15 heavy (non-hydrogen) atoms. The molecule has 1 atom stereocenters. The molecule has 1 rings (SSSR count). The largest absolute Gasteiger partial charge is 0.338 e. The van der Waals surface area contributed by atoms with Crippen LogP contribution in [-0.2, 0) is 4.79 Å². The normalized spacial score (nSPS) is 22.6. The van der Waals surface area contributed by atoms with Gasteiger partial charge in [0, 0.05) is 13.1 Å². The highest BCUT2D eigenvalue weighted by molar-refractivity contribution is 5.77. The van der Waals surface area contributed by atoms with E-state index in [9.17, 15) is 13.6 Å². The second-order valence-electron chi connectivity index (χ2n) is 4.51. The molecule has 0 radical (unpaired) electrons. The highest BCUT2D eigenvalue weighted by Gasteiger charge is 2.30. The van der Waals surface area contributed by atoms with E-state index in [-0.39, 0.29) is 5.92 Å². The molecule has 0 spiro atoms. The third-order valence-electron chi connectivity index (χ3n) is 2.33. The van der Waals surface area contributed by atoms with Gasteiger partial charge in [0.1, 0.15) is 0 Å². The maximum absolute atomic E-state index is 12.7. The van der Waals surface area contributed by atoms with Crippen LogP contribution in [0.15, 0.2) is 11.6 Å². The SMILES string of the molecule is CC1=CC(C)CN(C(=O)CC(C)(F)F)C1. The smallest absolute Gasteiger partial charge is 0.254 e. The molecule has 0 bridgehead atoms. The summed E-state index contributed by atoms with van der Waals surface area (Å²) >= 11 is 0. The van der Waals surface area contributed by atoms with Crippen LogP contribution in [0.4, 0.5) is 8.78 Å². The number of carbonyl (C=O) groups excluding carboxylic acids is 1. The van der Waals surface area contributed by atoms with E-state index >= 15 is 0 Å². The van der Waals surface area contributed by atoms with Crippen molar-refractivity contribution in [1.82, 2.24) is 4.90 Å². The van der Waals surface area contributed by atoms with Crippen LogP contribution < -0.4 is 0 Å². The quantitative estimate of drug-likeness (QED) is 0.651. The third-order valence-corrected chi connectivity index (χ3v) is 2.33. The number of carbonyl (C=O) groups is 1. The van der Waals surface area contributed by atoms with Crippen molar-refractivity contribution < 1.29 is 13.6 Å². The average molecular weight is 217 g/mol. The molecular formula is C11H17F2NO. The van der Waals surface area contributed by atoms with E-state index in [0.29, 0.717) is 13.1 Å². The molecule has 0 aromatic heterocycles. The van der Waals surface area contributed by atoms with E-state index in [1.54, 1.807) is 0 Å². The number of rotatable bonds is 2. The lowest BCUT2D eigenvalue weighted by molar-refractivity contribution is -0.137. The first-order valence-electron chi connectivity index (χ1n) is 5.11. The van der Waals surface area contributed by atoms with Gasteiger partial charge in [-0.05, 0) is 19.8 Å². The van der Waals surface area contributed by atoms with Crippen molar-refractivity contribution >= 4 is 5.91 Å². The van der Waals surface area contributed by atoms with E-state index in [1.165, 1.54) is 4.90 Å². The van der Waals surface area contributed by atoms with Gasteiger partial charge in [-0.1, -0.05) is 18.6 Å². The number of alkyl halides is 2. The Morgan fingerprint density at radius 2 is 2.27 bits per heavy atom. The summed E-state index contributed by atoms with van der Waals surface area (Å²) in [5.74, 6) is -3.11. The predicted molar refractivity (Wildman–Crippen MR) is 54.7 cm³/mol. The van der Waals surface area contributed by atoms with Crippen LogP contribution in [0.1, 0.15) is 27.2 Å². The molecule has 0 aliphatic carbocycles. The van der Waals surface area contributed by atoms with Crippen LogP contribution in [0.3, 0.4) is 0 Å². The van der Waals surface area contributed by atoms with Gasteiger partial charge in [-0.2, -0.15) is 0 Å². The maximum atomic E-state index is 12.7. The lowest BCUT2D eigenvalue weighted by Crippen LogP contribution is -2.40. The third kappa shape index (κ3) is 3.98. The Balaban J connectivity index is 2.59. The highest BCUT2D eigenvalue weighted by Crippen LogP contribution is 2.21. The Morgan fingerprint density at radius 3 is 2.73 bits per heavy atom. The fraction of sp³-hybridized carbons (Fsp3) is 0.727. The zero-order valence-corrected chi connectivity index (χ0v) is 9.39. The summed E-state index contributed by atoms with van der Waals surface area (Å²) in [6.45, 7) is 5.71. The molecule has 1 heterocycles. The van der Waals surface area contributed by atoms with Gasteiger partial charge in [-0.15, -0.1) is 0 Å². The first kappa shape index (κ1) is 12.1. The van der Waals surface area contributed by atoms with Crippen molar-refractivity contribution in [2.75, 3.05) is 13.1 Å². The van der Waals surface area contributed by atoms with E-state index < -0.39 is 18.3 Å². The lowest BCUT2D eigenvalue weighted by Gasteiger charge is -2.30. The number of amides is 1. The number of halogens is 2. The first-order chi connectivity index (χ1) is 6.78. The molecule has 0 fully saturated rings.